The van der Waals surface area contributed by atoms with Gasteiger partial charge in [0, 0.05) is 117 Å². The van der Waals surface area contributed by atoms with E-state index in [1.807, 2.05) is 121 Å². The fraction of sp³-hybridized carbons (Fsp3) is 0.233. The molecule has 8 N–H and O–H groups in total. The average molecular weight is 1360 g/mol. The number of pyridine rings is 4. The molecule has 16 aromatic rings. The maximum absolute atomic E-state index is 6.09. The van der Waals surface area contributed by atoms with Crippen LogP contribution >= 0.6 is 0 Å². The van der Waals surface area contributed by atoms with Gasteiger partial charge in [0.15, 0.2) is 46.3 Å². The highest BCUT2D eigenvalue weighted by molar-refractivity contribution is 5.95. The van der Waals surface area contributed by atoms with Crippen LogP contribution in [0.25, 0.3) is 88.0 Å². The van der Waals surface area contributed by atoms with Gasteiger partial charge in [-0.05, 0) is 97.1 Å². The van der Waals surface area contributed by atoms with E-state index in [1.165, 1.54) is 0 Å². The minimum atomic E-state index is 0.0973. The molecule has 0 aliphatic carbocycles. The second-order valence-electron chi connectivity index (χ2n) is 24.1. The summed E-state index contributed by atoms with van der Waals surface area (Å²) in [5, 5.41) is 45.9. The molecule has 101 heavy (non-hydrogen) atoms. The molecule has 3 fully saturated rings. The Morgan fingerprint density at radius 3 is 1.17 bits per heavy atom. The number of anilines is 8. The zero-order valence-electron chi connectivity index (χ0n) is 54.6. The number of methoxy groups -OCH3 is 1. The number of aromatic amines is 4. The van der Waals surface area contributed by atoms with Crippen LogP contribution in [0.4, 0.5) is 46.0 Å². The highest BCUT2D eigenvalue weighted by atomic mass is 16.6. The fourth-order valence-electron chi connectivity index (χ4n) is 11.8. The first-order valence-electron chi connectivity index (χ1n) is 33.1. The zero-order chi connectivity index (χ0) is 67.7. The summed E-state index contributed by atoms with van der Waals surface area (Å²) in [4.78, 5) is 17.4. The van der Waals surface area contributed by atoms with Crippen LogP contribution in [0.5, 0.6) is 23.0 Å². The van der Waals surface area contributed by atoms with Gasteiger partial charge in [-0.3, -0.25) is 40.3 Å². The molecule has 19 rings (SSSR count). The zero-order valence-corrected chi connectivity index (χ0v) is 54.6. The molecule has 512 valence electrons. The summed E-state index contributed by atoms with van der Waals surface area (Å²) in [6.07, 6.45) is 17.4. The SMILES string of the molecule is COCCCOc1coc2cc(Nc3n[nH]c4cccnc34)ccc12.c1cnc2c(Nc3ccc4c(OC5CCOC5)coc4c3)n[nH]c2c1.c1cnc2c(Nc3ccc4c(OC5CCOCC5)coc4c3)n[nH]c2c1.c1cnc2c(Nc3ccc4c(OCC5COC5)coc4c3)n[nH]c2c1. The molecule has 28 heteroatoms. The number of hydrogen-bond donors (Lipinski definition) is 8. The number of ether oxygens (including phenoxy) is 8. The number of hydrogen-bond acceptors (Lipinski definition) is 24. The van der Waals surface area contributed by atoms with E-state index < -0.39 is 0 Å². The van der Waals surface area contributed by atoms with Crippen molar-refractivity contribution in [3.8, 4) is 23.0 Å². The third-order valence-electron chi connectivity index (χ3n) is 17.1. The number of benzene rings is 4. The van der Waals surface area contributed by atoms with E-state index in [2.05, 4.69) is 82.0 Å². The van der Waals surface area contributed by atoms with E-state index in [-0.39, 0.29) is 12.2 Å². The first kappa shape index (κ1) is 63.5. The lowest BCUT2D eigenvalue weighted by Gasteiger charge is -2.25. The van der Waals surface area contributed by atoms with Crippen LogP contribution in [-0.2, 0) is 18.9 Å². The van der Waals surface area contributed by atoms with Crippen molar-refractivity contribution < 1.29 is 55.6 Å². The Balaban J connectivity index is 0.000000105. The molecule has 12 aromatic heterocycles. The van der Waals surface area contributed by atoms with E-state index in [9.17, 15) is 0 Å². The number of nitrogens with one attached hydrogen (secondary N) is 8. The monoisotopic (exact) mass is 1360 g/mol. The van der Waals surface area contributed by atoms with Gasteiger partial charge in [0.05, 0.1) is 96.5 Å². The predicted octanol–water partition coefficient (Wildman–Crippen LogP) is 15.0. The van der Waals surface area contributed by atoms with Crippen LogP contribution < -0.4 is 40.2 Å². The second kappa shape index (κ2) is 29.5. The van der Waals surface area contributed by atoms with Crippen molar-refractivity contribution in [1.82, 2.24) is 60.7 Å². The smallest absolute Gasteiger partial charge is 0.178 e. The molecular formula is C73H68N16O12. The lowest BCUT2D eigenvalue weighted by atomic mass is 10.1. The predicted molar refractivity (Wildman–Crippen MR) is 380 cm³/mol. The van der Waals surface area contributed by atoms with Crippen LogP contribution in [0.2, 0.25) is 0 Å². The van der Waals surface area contributed by atoms with Gasteiger partial charge in [0.25, 0.3) is 0 Å². The molecule has 1 atom stereocenters. The van der Waals surface area contributed by atoms with Crippen LogP contribution in [0, 0.1) is 5.92 Å². The fourth-order valence-corrected chi connectivity index (χ4v) is 11.8. The van der Waals surface area contributed by atoms with Gasteiger partial charge in [-0.15, -0.1) is 0 Å². The lowest BCUT2D eigenvalue weighted by molar-refractivity contribution is -0.0507. The van der Waals surface area contributed by atoms with Crippen LogP contribution in [0.15, 0.2) is 189 Å². The van der Waals surface area contributed by atoms with Gasteiger partial charge >= 0.3 is 0 Å². The van der Waals surface area contributed by atoms with Gasteiger partial charge in [-0.2, -0.15) is 20.4 Å². The molecule has 1 unspecified atom stereocenters. The summed E-state index contributed by atoms with van der Waals surface area (Å²) >= 11 is 0. The van der Waals surface area contributed by atoms with Crippen LogP contribution in [0.1, 0.15) is 25.7 Å². The first-order chi connectivity index (χ1) is 49.9. The van der Waals surface area contributed by atoms with Gasteiger partial charge in [0.1, 0.15) is 81.7 Å². The molecule has 0 radical (unpaired) electrons. The summed E-state index contributed by atoms with van der Waals surface area (Å²) in [6, 6.07) is 38.8. The topological polar surface area (TPSA) is 341 Å². The summed E-state index contributed by atoms with van der Waals surface area (Å²) in [7, 11) is 1.68. The van der Waals surface area contributed by atoms with Crippen molar-refractivity contribution in [3.05, 3.63) is 171 Å². The van der Waals surface area contributed by atoms with E-state index in [0.29, 0.717) is 55.6 Å². The van der Waals surface area contributed by atoms with Crippen molar-refractivity contribution in [2.24, 2.45) is 5.92 Å². The molecular weight excluding hydrogens is 1290 g/mol. The molecule has 0 bridgehead atoms. The Bertz CT molecular complexity index is 5450. The van der Waals surface area contributed by atoms with Crippen LogP contribution in [-0.4, -0.2) is 140 Å². The number of furan rings is 4. The molecule has 3 saturated heterocycles. The van der Waals surface area contributed by atoms with Gasteiger partial charge < -0.3 is 76.8 Å². The van der Waals surface area contributed by atoms with Crippen LogP contribution in [0.3, 0.4) is 0 Å². The Kier molecular flexibility index (Phi) is 18.5. The number of fused-ring (bicyclic) bond motifs is 8. The highest BCUT2D eigenvalue weighted by Gasteiger charge is 2.23. The van der Waals surface area contributed by atoms with Crippen molar-refractivity contribution in [2.75, 3.05) is 87.8 Å². The first-order valence-corrected chi connectivity index (χ1v) is 33.1. The molecule has 4 aromatic carbocycles. The third-order valence-corrected chi connectivity index (χ3v) is 17.1. The Hall–Kier alpha value is -12.2. The second-order valence-corrected chi connectivity index (χ2v) is 24.1. The molecule has 15 heterocycles. The number of H-pyrrole nitrogens is 4. The molecule has 3 aliphatic heterocycles. The molecule has 3 aliphatic rings. The van der Waals surface area contributed by atoms with Gasteiger partial charge in [-0.25, -0.2) is 0 Å². The normalized spacial score (nSPS) is 14.7. The van der Waals surface area contributed by atoms with E-state index >= 15 is 0 Å². The summed E-state index contributed by atoms with van der Waals surface area (Å²) in [5.41, 5.74) is 13.3. The van der Waals surface area contributed by atoms with Crippen molar-refractivity contribution in [3.63, 3.8) is 0 Å². The lowest BCUT2D eigenvalue weighted by Crippen LogP contribution is -2.32. The average Bonchev–Trinajstić information content (AvgIpc) is 1.65. The highest BCUT2D eigenvalue weighted by Crippen LogP contribution is 2.38. The number of rotatable bonds is 20. The number of nitrogens with zero attached hydrogens (tertiary/aromatic N) is 8. The maximum atomic E-state index is 6.09. The van der Waals surface area contributed by atoms with Gasteiger partial charge in [0.2, 0.25) is 0 Å². The van der Waals surface area contributed by atoms with Crippen molar-refractivity contribution >= 4 is 134 Å². The molecule has 28 nitrogen and oxygen atoms in total. The Labute approximate surface area is 573 Å². The minimum absolute atomic E-state index is 0.0973. The molecule has 0 spiro atoms. The van der Waals surface area contributed by atoms with Crippen molar-refractivity contribution in [2.45, 2.75) is 37.9 Å². The summed E-state index contributed by atoms with van der Waals surface area (Å²) in [5.74, 6) is 6.25. The van der Waals surface area contributed by atoms with Gasteiger partial charge in [-0.1, -0.05) is 0 Å². The summed E-state index contributed by atoms with van der Waals surface area (Å²) < 4.78 is 67.2. The minimum Gasteiger partial charge on any atom is -0.489 e. The Morgan fingerprint density at radius 2 is 0.782 bits per heavy atom. The molecule has 0 saturated carbocycles. The quantitative estimate of drug-likeness (QED) is 0.0329. The van der Waals surface area contributed by atoms with E-state index in [4.69, 9.17) is 55.6 Å². The Morgan fingerprint density at radius 1 is 0.406 bits per heavy atom. The van der Waals surface area contributed by atoms with E-state index in [0.717, 1.165) is 192 Å². The number of aromatic nitrogens is 12. The molecule has 0 amide bonds. The van der Waals surface area contributed by atoms with E-state index in [1.54, 1.807) is 56.9 Å². The third kappa shape index (κ3) is 14.4. The summed E-state index contributed by atoms with van der Waals surface area (Å²) in [6.45, 7) is 6.35. The largest absolute Gasteiger partial charge is 0.489 e. The standard InChI is InChI=1S/C19H18N4O3.2C18H16N4O3.C18H18N4O3/c1-2-15-18(20-7-1)19(23-22-15)21-12-3-4-14-16(10-12)25-11-17(14)26-13-5-8-24-9-6-13;1-2-14-17(19-6-1)18(22-21-14)20-11-3-4-13-15(8-11)24-10-16(13)25-12-5-7-23-9-12;1-2-14-17(19-5-1)18(22-21-14)20-12-3-4-13-15(6-12)25-10-16(13)24-9-11-7-23-8-11;1-23-8-3-9-24-16-11-25-15-10-12(5-6-13(15)16)20-18-17-14(21-22-18)4-2-7-19-17/h1-4,7,10-11,13H,5-6,8-9H2,(H2,21,22,23);1-4,6,8,10,12H,5,7,9H2,(H2,20,21,22);1-6,10-11H,7-9H2,(H2,20,21,22);2,4-7,10-11H,3,8-9H2,1H3,(H2,20,21,22). The van der Waals surface area contributed by atoms with Crippen molar-refractivity contribution in [1.29, 1.82) is 0 Å². The maximum Gasteiger partial charge on any atom is 0.178 e.